The number of amides is 1. The van der Waals surface area contributed by atoms with Gasteiger partial charge in [0.1, 0.15) is 11.8 Å². The fraction of sp³-hybridized carbons (Fsp3) is 0.278. The lowest BCUT2D eigenvalue weighted by molar-refractivity contribution is -0.274. The van der Waals surface area contributed by atoms with Crippen LogP contribution in [0.25, 0.3) is 0 Å². The third-order valence-corrected chi connectivity index (χ3v) is 4.94. The molecule has 10 heteroatoms. The van der Waals surface area contributed by atoms with E-state index in [-0.39, 0.29) is 5.69 Å². The number of hydrogen-bond acceptors (Lipinski definition) is 4. The average molecular weight is 416 g/mol. The number of carbonyl (C=O) groups is 1. The number of anilines is 2. The van der Waals surface area contributed by atoms with E-state index < -0.39 is 34.1 Å². The molecule has 0 spiro atoms. The van der Waals surface area contributed by atoms with E-state index in [2.05, 4.69) is 10.1 Å². The Balaban J connectivity index is 2.19. The van der Waals surface area contributed by atoms with E-state index in [1.807, 2.05) is 0 Å². The minimum atomic E-state index is -4.82. The van der Waals surface area contributed by atoms with E-state index in [1.165, 1.54) is 19.1 Å². The molecule has 0 aliphatic carbocycles. The summed E-state index contributed by atoms with van der Waals surface area (Å²) in [4.78, 5) is 12.5. The highest BCUT2D eigenvalue weighted by Gasteiger charge is 2.31. The predicted molar refractivity (Wildman–Crippen MR) is 99.7 cm³/mol. The standard InChI is InChI=1S/C18H19F3N2O4S/c1-12-5-4-6-15(11-12)23(28(3,25)26)13(2)17(24)22-14-7-9-16(10-8-14)27-18(19,20)21/h4-11,13H,1-3H3,(H,22,24)/t13-/m1/s1. The first-order valence-corrected chi connectivity index (χ1v) is 9.94. The van der Waals surface area contributed by atoms with Gasteiger partial charge in [-0.05, 0) is 55.8 Å². The van der Waals surface area contributed by atoms with Crippen molar-refractivity contribution in [3.63, 3.8) is 0 Å². The van der Waals surface area contributed by atoms with Gasteiger partial charge in [-0.3, -0.25) is 9.10 Å². The van der Waals surface area contributed by atoms with Gasteiger partial charge in [-0.25, -0.2) is 8.42 Å². The molecule has 0 aliphatic heterocycles. The summed E-state index contributed by atoms with van der Waals surface area (Å²) in [5.41, 5.74) is 1.35. The minimum absolute atomic E-state index is 0.198. The Morgan fingerprint density at radius 3 is 2.25 bits per heavy atom. The lowest BCUT2D eigenvalue weighted by atomic mass is 10.2. The molecule has 1 atom stereocenters. The third-order valence-electron chi connectivity index (χ3n) is 3.70. The van der Waals surface area contributed by atoms with Crippen LogP contribution in [-0.2, 0) is 14.8 Å². The van der Waals surface area contributed by atoms with Gasteiger partial charge >= 0.3 is 6.36 Å². The maximum atomic E-state index is 12.5. The SMILES string of the molecule is Cc1cccc(N([C@H](C)C(=O)Nc2ccc(OC(F)(F)F)cc2)S(C)(=O)=O)c1. The summed E-state index contributed by atoms with van der Waals surface area (Å²) in [7, 11) is -3.77. The summed E-state index contributed by atoms with van der Waals surface area (Å²) >= 11 is 0. The summed E-state index contributed by atoms with van der Waals surface area (Å²) in [6, 6.07) is 10.1. The number of rotatable bonds is 6. The molecule has 2 rings (SSSR count). The molecule has 0 bridgehead atoms. The molecule has 0 fully saturated rings. The van der Waals surface area contributed by atoms with Crippen LogP contribution in [0, 0.1) is 6.92 Å². The summed E-state index contributed by atoms with van der Waals surface area (Å²) in [5, 5.41) is 2.49. The maximum Gasteiger partial charge on any atom is 0.573 e. The van der Waals surface area contributed by atoms with Crippen LogP contribution < -0.4 is 14.4 Å². The molecule has 1 amide bonds. The van der Waals surface area contributed by atoms with Crippen molar-refractivity contribution in [2.75, 3.05) is 15.9 Å². The van der Waals surface area contributed by atoms with Gasteiger partial charge < -0.3 is 10.1 Å². The maximum absolute atomic E-state index is 12.5. The molecule has 1 N–H and O–H groups in total. The zero-order valence-corrected chi connectivity index (χ0v) is 16.1. The normalized spacial score (nSPS) is 12.9. The molecule has 0 heterocycles. The number of ether oxygens (including phenoxy) is 1. The second-order valence-corrected chi connectivity index (χ2v) is 7.99. The first-order valence-electron chi connectivity index (χ1n) is 8.09. The van der Waals surface area contributed by atoms with Crippen LogP contribution in [0.3, 0.4) is 0 Å². The van der Waals surface area contributed by atoms with Crippen molar-refractivity contribution in [3.05, 3.63) is 54.1 Å². The second-order valence-electron chi connectivity index (χ2n) is 6.14. The fourth-order valence-corrected chi connectivity index (χ4v) is 3.73. The third kappa shape index (κ3) is 5.88. The van der Waals surface area contributed by atoms with Crippen LogP contribution in [0.5, 0.6) is 5.75 Å². The second kappa shape index (κ2) is 8.09. The number of halogens is 3. The van der Waals surface area contributed by atoms with E-state index in [0.29, 0.717) is 5.69 Å². The van der Waals surface area contributed by atoms with Crippen molar-refractivity contribution in [2.45, 2.75) is 26.3 Å². The lowest BCUT2D eigenvalue weighted by Crippen LogP contribution is -2.45. The van der Waals surface area contributed by atoms with Gasteiger partial charge in [-0.2, -0.15) is 0 Å². The monoisotopic (exact) mass is 416 g/mol. The molecular formula is C18H19F3N2O4S. The number of benzene rings is 2. The summed E-state index contributed by atoms with van der Waals surface area (Å²) in [6.07, 6.45) is -3.83. The molecule has 0 aromatic heterocycles. The number of nitrogens with one attached hydrogen (secondary N) is 1. The Bertz CT molecular complexity index is 944. The quantitative estimate of drug-likeness (QED) is 0.779. The van der Waals surface area contributed by atoms with Gasteiger partial charge in [0.05, 0.1) is 11.9 Å². The topological polar surface area (TPSA) is 75.7 Å². The zero-order chi connectivity index (χ0) is 21.1. The number of sulfonamides is 1. The smallest absolute Gasteiger partial charge is 0.406 e. The van der Waals surface area contributed by atoms with Gasteiger partial charge in [0, 0.05) is 5.69 Å². The number of aryl methyl sites for hydroxylation is 1. The Morgan fingerprint density at radius 1 is 1.14 bits per heavy atom. The number of hydrogen-bond donors (Lipinski definition) is 1. The van der Waals surface area contributed by atoms with Gasteiger partial charge in [-0.1, -0.05) is 12.1 Å². The van der Waals surface area contributed by atoms with Crippen molar-refractivity contribution in [1.82, 2.24) is 0 Å². The molecule has 6 nitrogen and oxygen atoms in total. The molecule has 0 radical (unpaired) electrons. The minimum Gasteiger partial charge on any atom is -0.406 e. The predicted octanol–water partition coefficient (Wildman–Crippen LogP) is 3.69. The number of carbonyl (C=O) groups excluding carboxylic acids is 1. The van der Waals surface area contributed by atoms with E-state index in [9.17, 15) is 26.4 Å². The lowest BCUT2D eigenvalue weighted by Gasteiger charge is -2.28. The highest BCUT2D eigenvalue weighted by molar-refractivity contribution is 7.92. The van der Waals surface area contributed by atoms with Crippen LogP contribution >= 0.6 is 0 Å². The summed E-state index contributed by atoms with van der Waals surface area (Å²) in [6.45, 7) is 3.21. The van der Waals surface area contributed by atoms with Crippen molar-refractivity contribution >= 4 is 27.3 Å². The van der Waals surface area contributed by atoms with E-state index in [0.717, 1.165) is 28.3 Å². The van der Waals surface area contributed by atoms with Crippen molar-refractivity contribution in [3.8, 4) is 5.75 Å². The van der Waals surface area contributed by atoms with Gasteiger partial charge in [0.2, 0.25) is 15.9 Å². The molecule has 28 heavy (non-hydrogen) atoms. The Morgan fingerprint density at radius 2 is 1.75 bits per heavy atom. The van der Waals surface area contributed by atoms with Gasteiger partial charge in [0.25, 0.3) is 0 Å². The molecule has 2 aromatic rings. The zero-order valence-electron chi connectivity index (χ0n) is 15.3. The Hall–Kier alpha value is -2.75. The van der Waals surface area contributed by atoms with Crippen LogP contribution in [0.2, 0.25) is 0 Å². The largest absolute Gasteiger partial charge is 0.573 e. The number of alkyl halides is 3. The highest BCUT2D eigenvalue weighted by atomic mass is 32.2. The summed E-state index contributed by atoms with van der Waals surface area (Å²) in [5.74, 6) is -1.08. The molecule has 152 valence electrons. The molecule has 0 aliphatic rings. The van der Waals surface area contributed by atoms with Crippen LogP contribution in [-0.4, -0.2) is 33.0 Å². The van der Waals surface area contributed by atoms with Crippen molar-refractivity contribution in [2.24, 2.45) is 0 Å². The van der Waals surface area contributed by atoms with E-state index in [4.69, 9.17) is 0 Å². The summed E-state index contributed by atoms with van der Waals surface area (Å²) < 4.78 is 65.8. The molecule has 0 unspecified atom stereocenters. The molecule has 2 aromatic carbocycles. The Kier molecular flexibility index (Phi) is 6.23. The molecular weight excluding hydrogens is 397 g/mol. The first kappa shape index (κ1) is 21.5. The van der Waals surface area contributed by atoms with E-state index in [1.54, 1.807) is 31.2 Å². The van der Waals surface area contributed by atoms with Crippen LogP contribution in [0.15, 0.2) is 48.5 Å². The van der Waals surface area contributed by atoms with Gasteiger partial charge in [-0.15, -0.1) is 13.2 Å². The number of nitrogens with zero attached hydrogens (tertiary/aromatic N) is 1. The Labute approximate surface area is 161 Å². The molecule has 0 saturated carbocycles. The van der Waals surface area contributed by atoms with Crippen molar-refractivity contribution in [1.29, 1.82) is 0 Å². The van der Waals surface area contributed by atoms with Crippen LogP contribution in [0.4, 0.5) is 24.5 Å². The van der Waals surface area contributed by atoms with Crippen molar-refractivity contribution < 1.29 is 31.1 Å². The average Bonchev–Trinajstić information content (AvgIpc) is 2.54. The fourth-order valence-electron chi connectivity index (χ4n) is 2.56. The molecule has 0 saturated heterocycles. The van der Waals surface area contributed by atoms with Gasteiger partial charge in [0.15, 0.2) is 0 Å². The first-order chi connectivity index (χ1) is 12.9. The highest BCUT2D eigenvalue weighted by Crippen LogP contribution is 2.25. The van der Waals surface area contributed by atoms with Crippen LogP contribution in [0.1, 0.15) is 12.5 Å². The van der Waals surface area contributed by atoms with E-state index >= 15 is 0 Å².